The lowest BCUT2D eigenvalue weighted by Gasteiger charge is -2.33. The standard InChI is InChI=1S/C16H23N3O/c1-12-11-14(13-7-3-4-8-15(13)17-12)16(20)18-19-9-5-2-6-10-19/h3-4,7-8,12,14,17H,2,5-6,9-11H2,1H3,(H,18,20). The van der Waals surface area contributed by atoms with Crippen molar-refractivity contribution in [3.05, 3.63) is 29.8 Å². The van der Waals surface area contributed by atoms with Crippen LogP contribution in [0.2, 0.25) is 0 Å². The highest BCUT2D eigenvalue weighted by atomic mass is 16.2. The first kappa shape index (κ1) is 13.4. The zero-order valence-corrected chi connectivity index (χ0v) is 12.1. The SMILES string of the molecule is CC1CC(C(=O)NN2CCCCC2)c2ccccc2N1. The van der Waals surface area contributed by atoms with Crippen molar-refractivity contribution in [1.29, 1.82) is 0 Å². The van der Waals surface area contributed by atoms with Gasteiger partial charge in [-0.15, -0.1) is 0 Å². The van der Waals surface area contributed by atoms with Crippen molar-refractivity contribution in [3.63, 3.8) is 0 Å². The number of hydrazine groups is 1. The Kier molecular flexibility index (Phi) is 3.92. The fraction of sp³-hybridized carbons (Fsp3) is 0.562. The highest BCUT2D eigenvalue weighted by Crippen LogP contribution is 2.34. The lowest BCUT2D eigenvalue weighted by atomic mass is 9.87. The molecule has 0 spiro atoms. The molecule has 2 aliphatic heterocycles. The van der Waals surface area contributed by atoms with Crippen LogP contribution in [0, 0.1) is 0 Å². The third-order valence-electron chi connectivity index (χ3n) is 4.27. The van der Waals surface area contributed by atoms with E-state index < -0.39 is 0 Å². The number of rotatable bonds is 2. The second kappa shape index (κ2) is 5.83. The van der Waals surface area contributed by atoms with Gasteiger partial charge in [-0.1, -0.05) is 24.6 Å². The Bertz CT molecular complexity index is 482. The molecule has 1 fully saturated rings. The quantitative estimate of drug-likeness (QED) is 0.870. The van der Waals surface area contributed by atoms with Crippen LogP contribution >= 0.6 is 0 Å². The summed E-state index contributed by atoms with van der Waals surface area (Å²) in [6, 6.07) is 8.49. The van der Waals surface area contributed by atoms with Gasteiger partial charge in [0.25, 0.3) is 0 Å². The highest BCUT2D eigenvalue weighted by Gasteiger charge is 2.30. The van der Waals surface area contributed by atoms with Gasteiger partial charge in [0.05, 0.1) is 5.92 Å². The number of piperidine rings is 1. The van der Waals surface area contributed by atoms with Crippen LogP contribution in [0.5, 0.6) is 0 Å². The number of amides is 1. The molecule has 2 unspecified atom stereocenters. The molecule has 4 nitrogen and oxygen atoms in total. The van der Waals surface area contributed by atoms with Crippen LogP contribution in [-0.2, 0) is 4.79 Å². The minimum atomic E-state index is -0.0376. The van der Waals surface area contributed by atoms with Crippen molar-refractivity contribution in [2.45, 2.75) is 44.6 Å². The number of anilines is 1. The molecule has 0 bridgehead atoms. The number of hydrogen-bond donors (Lipinski definition) is 2. The normalized spacial score (nSPS) is 26.4. The summed E-state index contributed by atoms with van der Waals surface area (Å²) in [5.74, 6) is 0.108. The molecule has 0 aromatic heterocycles. The van der Waals surface area contributed by atoms with Gasteiger partial charge < -0.3 is 5.32 Å². The summed E-state index contributed by atoms with van der Waals surface area (Å²) in [5.41, 5.74) is 5.34. The molecule has 1 amide bonds. The number of nitrogens with zero attached hydrogens (tertiary/aromatic N) is 1. The van der Waals surface area contributed by atoms with Gasteiger partial charge in [0.2, 0.25) is 5.91 Å². The molecule has 0 radical (unpaired) electrons. The van der Waals surface area contributed by atoms with Crippen molar-refractivity contribution in [2.75, 3.05) is 18.4 Å². The summed E-state index contributed by atoms with van der Waals surface area (Å²) in [6.45, 7) is 4.10. The number of fused-ring (bicyclic) bond motifs is 1. The van der Waals surface area contributed by atoms with Crippen molar-refractivity contribution < 1.29 is 4.79 Å². The van der Waals surface area contributed by atoms with E-state index in [-0.39, 0.29) is 11.8 Å². The van der Waals surface area contributed by atoms with Crippen LogP contribution in [0.1, 0.15) is 44.1 Å². The van der Waals surface area contributed by atoms with Crippen LogP contribution in [0.4, 0.5) is 5.69 Å². The molecular formula is C16H23N3O. The van der Waals surface area contributed by atoms with Gasteiger partial charge in [-0.3, -0.25) is 10.2 Å². The summed E-state index contributed by atoms with van der Waals surface area (Å²) < 4.78 is 0. The Morgan fingerprint density at radius 2 is 2.00 bits per heavy atom. The number of para-hydroxylation sites is 1. The Hall–Kier alpha value is -1.55. The average molecular weight is 273 g/mol. The first-order valence-corrected chi connectivity index (χ1v) is 7.65. The molecule has 20 heavy (non-hydrogen) atoms. The van der Waals surface area contributed by atoms with E-state index in [2.05, 4.69) is 34.8 Å². The number of nitrogens with one attached hydrogen (secondary N) is 2. The topological polar surface area (TPSA) is 44.4 Å². The van der Waals surface area contributed by atoms with Gasteiger partial charge in [0.15, 0.2) is 0 Å². The zero-order valence-electron chi connectivity index (χ0n) is 12.1. The molecule has 2 atom stereocenters. The van der Waals surface area contributed by atoms with Gasteiger partial charge in [0.1, 0.15) is 0 Å². The van der Waals surface area contributed by atoms with E-state index in [0.29, 0.717) is 6.04 Å². The van der Waals surface area contributed by atoms with Crippen LogP contribution in [0.25, 0.3) is 0 Å². The second-order valence-corrected chi connectivity index (χ2v) is 5.94. The van der Waals surface area contributed by atoms with Gasteiger partial charge in [-0.2, -0.15) is 0 Å². The van der Waals surface area contributed by atoms with Gasteiger partial charge in [-0.05, 0) is 37.8 Å². The number of carbonyl (C=O) groups excluding carboxylic acids is 1. The van der Waals surface area contributed by atoms with Crippen molar-refractivity contribution in [1.82, 2.24) is 10.4 Å². The van der Waals surface area contributed by atoms with Crippen LogP contribution in [0.15, 0.2) is 24.3 Å². The molecule has 2 N–H and O–H groups in total. The third kappa shape index (κ3) is 2.80. The van der Waals surface area contributed by atoms with E-state index in [1.807, 2.05) is 12.1 Å². The largest absolute Gasteiger partial charge is 0.382 e. The number of hydrogen-bond acceptors (Lipinski definition) is 3. The van der Waals surface area contributed by atoms with Gasteiger partial charge in [-0.25, -0.2) is 5.01 Å². The highest BCUT2D eigenvalue weighted by molar-refractivity contribution is 5.86. The fourth-order valence-corrected chi connectivity index (χ4v) is 3.22. The second-order valence-electron chi connectivity index (χ2n) is 5.94. The van der Waals surface area contributed by atoms with Crippen molar-refractivity contribution >= 4 is 11.6 Å². The number of benzene rings is 1. The summed E-state index contributed by atoms with van der Waals surface area (Å²) in [7, 11) is 0. The maximum atomic E-state index is 12.6. The van der Waals surface area contributed by atoms with Gasteiger partial charge >= 0.3 is 0 Å². The first-order valence-electron chi connectivity index (χ1n) is 7.65. The molecule has 1 aromatic rings. The van der Waals surface area contributed by atoms with E-state index in [9.17, 15) is 4.79 Å². The van der Waals surface area contributed by atoms with E-state index >= 15 is 0 Å². The van der Waals surface area contributed by atoms with Crippen LogP contribution < -0.4 is 10.7 Å². The van der Waals surface area contributed by atoms with E-state index in [1.54, 1.807) is 0 Å². The third-order valence-corrected chi connectivity index (χ3v) is 4.27. The summed E-state index contributed by atoms with van der Waals surface area (Å²) >= 11 is 0. The minimum absolute atomic E-state index is 0.0376. The predicted octanol–water partition coefficient (Wildman–Crippen LogP) is 2.49. The van der Waals surface area contributed by atoms with Crippen LogP contribution in [0.3, 0.4) is 0 Å². The predicted molar refractivity (Wildman–Crippen MR) is 80.5 cm³/mol. The van der Waals surface area contributed by atoms with E-state index in [1.165, 1.54) is 19.3 Å². The molecule has 4 heteroatoms. The van der Waals surface area contributed by atoms with Crippen molar-refractivity contribution in [3.8, 4) is 0 Å². The molecule has 2 heterocycles. The minimum Gasteiger partial charge on any atom is -0.382 e. The lowest BCUT2D eigenvalue weighted by Crippen LogP contribution is -2.48. The fourth-order valence-electron chi connectivity index (χ4n) is 3.22. The average Bonchev–Trinajstić information content (AvgIpc) is 2.47. The Morgan fingerprint density at radius 1 is 1.25 bits per heavy atom. The zero-order chi connectivity index (χ0) is 13.9. The maximum absolute atomic E-state index is 12.6. The van der Waals surface area contributed by atoms with E-state index in [4.69, 9.17) is 0 Å². The molecule has 108 valence electrons. The first-order chi connectivity index (χ1) is 9.74. The molecular weight excluding hydrogens is 250 g/mol. The number of carbonyl (C=O) groups is 1. The Balaban J connectivity index is 1.74. The Morgan fingerprint density at radius 3 is 2.80 bits per heavy atom. The van der Waals surface area contributed by atoms with E-state index in [0.717, 1.165) is 30.8 Å². The summed E-state index contributed by atoms with van der Waals surface area (Å²) in [6.07, 6.45) is 4.50. The molecule has 1 saturated heterocycles. The van der Waals surface area contributed by atoms with Crippen molar-refractivity contribution in [2.24, 2.45) is 0 Å². The smallest absolute Gasteiger partial charge is 0.241 e. The molecule has 0 saturated carbocycles. The maximum Gasteiger partial charge on any atom is 0.241 e. The molecule has 1 aromatic carbocycles. The summed E-state index contributed by atoms with van der Waals surface area (Å²) in [5, 5.41) is 5.54. The lowest BCUT2D eigenvalue weighted by molar-refractivity contribution is -0.128. The Labute approximate surface area is 120 Å². The molecule has 3 rings (SSSR count). The van der Waals surface area contributed by atoms with Gasteiger partial charge in [0, 0.05) is 24.8 Å². The molecule has 2 aliphatic rings. The summed E-state index contributed by atoms with van der Waals surface area (Å²) in [4.78, 5) is 12.6. The van der Waals surface area contributed by atoms with Crippen LogP contribution in [-0.4, -0.2) is 30.0 Å². The monoisotopic (exact) mass is 273 g/mol. The molecule has 0 aliphatic carbocycles.